The zero-order chi connectivity index (χ0) is 14.3. The Hall–Kier alpha value is -0.650. The maximum atomic E-state index is 11.6. The highest BCUT2D eigenvalue weighted by molar-refractivity contribution is 5.79. The highest BCUT2D eigenvalue weighted by Gasteiger charge is 2.33. The summed E-state index contributed by atoms with van der Waals surface area (Å²) < 4.78 is 9.84. The zero-order valence-electron chi connectivity index (χ0n) is 12.5. The fourth-order valence-corrected chi connectivity index (χ4v) is 2.23. The molecule has 0 aliphatic rings. The summed E-state index contributed by atoms with van der Waals surface area (Å²) in [5, 5.41) is 0. The van der Waals surface area contributed by atoms with Gasteiger partial charge < -0.3 is 15.2 Å². The van der Waals surface area contributed by atoms with Crippen molar-refractivity contribution in [2.24, 2.45) is 5.73 Å². The molecular formula is C13H28N2O3. The van der Waals surface area contributed by atoms with Gasteiger partial charge in [-0.15, -0.1) is 0 Å². The van der Waals surface area contributed by atoms with Crippen LogP contribution in [0.3, 0.4) is 0 Å². The minimum Gasteiger partial charge on any atom is -0.468 e. The van der Waals surface area contributed by atoms with Crippen LogP contribution in [0.4, 0.5) is 0 Å². The van der Waals surface area contributed by atoms with E-state index in [4.69, 9.17) is 15.2 Å². The molecule has 0 aliphatic heterocycles. The lowest BCUT2D eigenvalue weighted by atomic mass is 9.93. The number of carbonyl (C=O) groups excluding carboxylic acids is 1. The van der Waals surface area contributed by atoms with Crippen molar-refractivity contribution in [2.45, 2.75) is 51.7 Å². The van der Waals surface area contributed by atoms with E-state index in [-0.39, 0.29) is 12.0 Å². The third-order valence-electron chi connectivity index (χ3n) is 3.15. The van der Waals surface area contributed by atoms with E-state index in [2.05, 4.69) is 25.7 Å². The van der Waals surface area contributed by atoms with Gasteiger partial charge in [-0.2, -0.15) is 0 Å². The number of esters is 1. The Morgan fingerprint density at radius 2 is 1.89 bits per heavy atom. The van der Waals surface area contributed by atoms with E-state index in [0.29, 0.717) is 19.1 Å². The molecular weight excluding hydrogens is 232 g/mol. The first-order valence-corrected chi connectivity index (χ1v) is 6.38. The van der Waals surface area contributed by atoms with Crippen LogP contribution < -0.4 is 5.73 Å². The van der Waals surface area contributed by atoms with E-state index in [9.17, 15) is 4.79 Å². The predicted molar refractivity (Wildman–Crippen MR) is 72.4 cm³/mol. The molecule has 0 aromatic carbocycles. The van der Waals surface area contributed by atoms with E-state index >= 15 is 0 Å². The average Bonchev–Trinajstić information content (AvgIpc) is 2.27. The number of nitrogens with zero attached hydrogens (tertiary/aromatic N) is 1. The zero-order valence-corrected chi connectivity index (χ0v) is 12.5. The first-order valence-electron chi connectivity index (χ1n) is 6.38. The largest absolute Gasteiger partial charge is 0.468 e. The van der Waals surface area contributed by atoms with Gasteiger partial charge in [-0.05, 0) is 34.1 Å². The Balaban J connectivity index is 4.58. The Morgan fingerprint density at radius 1 is 1.33 bits per heavy atom. The summed E-state index contributed by atoms with van der Waals surface area (Å²) in [6, 6.07) is 0.567. The molecule has 0 aromatic heterocycles. The Labute approximate surface area is 111 Å². The summed E-state index contributed by atoms with van der Waals surface area (Å²) in [5.41, 5.74) is 5.06. The maximum Gasteiger partial charge on any atom is 0.325 e. The average molecular weight is 260 g/mol. The van der Waals surface area contributed by atoms with E-state index < -0.39 is 5.54 Å². The summed E-state index contributed by atoms with van der Waals surface area (Å²) in [4.78, 5) is 13.9. The SMILES string of the molecule is COCCN(C(C)C)C(C)CC(C)(N)C(=O)OC. The summed E-state index contributed by atoms with van der Waals surface area (Å²) in [6.45, 7) is 9.53. The van der Waals surface area contributed by atoms with E-state index in [1.54, 1.807) is 14.0 Å². The van der Waals surface area contributed by atoms with Gasteiger partial charge in [0.25, 0.3) is 0 Å². The molecule has 5 nitrogen and oxygen atoms in total. The molecule has 0 rings (SSSR count). The summed E-state index contributed by atoms with van der Waals surface area (Å²) in [5.74, 6) is -0.371. The summed E-state index contributed by atoms with van der Waals surface area (Å²) in [7, 11) is 3.05. The van der Waals surface area contributed by atoms with Crippen LogP contribution in [0.2, 0.25) is 0 Å². The summed E-state index contributed by atoms with van der Waals surface area (Å²) >= 11 is 0. The van der Waals surface area contributed by atoms with Gasteiger partial charge >= 0.3 is 5.97 Å². The molecule has 0 bridgehead atoms. The standard InChI is InChI=1S/C13H28N2O3/c1-10(2)15(7-8-17-5)11(3)9-13(4,14)12(16)18-6/h10-11H,7-9,14H2,1-6H3. The first kappa shape index (κ1) is 17.4. The maximum absolute atomic E-state index is 11.6. The fraction of sp³-hybridized carbons (Fsp3) is 0.923. The third kappa shape index (κ3) is 5.33. The van der Waals surface area contributed by atoms with Gasteiger partial charge in [-0.3, -0.25) is 9.69 Å². The van der Waals surface area contributed by atoms with Gasteiger partial charge in [0.15, 0.2) is 0 Å². The van der Waals surface area contributed by atoms with E-state index in [0.717, 1.165) is 6.54 Å². The van der Waals surface area contributed by atoms with Gasteiger partial charge in [-0.1, -0.05) is 0 Å². The molecule has 0 spiro atoms. The lowest BCUT2D eigenvalue weighted by molar-refractivity contribution is -0.147. The van der Waals surface area contributed by atoms with Gasteiger partial charge in [0, 0.05) is 25.7 Å². The normalized spacial score (nSPS) is 16.7. The van der Waals surface area contributed by atoms with Crippen LogP contribution >= 0.6 is 0 Å². The number of hydrogen-bond donors (Lipinski definition) is 1. The molecule has 0 radical (unpaired) electrons. The molecule has 2 N–H and O–H groups in total. The number of ether oxygens (including phenoxy) is 2. The van der Waals surface area contributed by atoms with E-state index in [1.165, 1.54) is 7.11 Å². The number of carbonyl (C=O) groups is 1. The molecule has 108 valence electrons. The lowest BCUT2D eigenvalue weighted by Crippen LogP contribution is -2.52. The minimum absolute atomic E-state index is 0.189. The highest BCUT2D eigenvalue weighted by Crippen LogP contribution is 2.17. The van der Waals surface area contributed by atoms with Crippen LogP contribution in [0.1, 0.15) is 34.1 Å². The predicted octanol–water partition coefficient (Wildman–Crippen LogP) is 1.01. The van der Waals surface area contributed by atoms with Crippen molar-refractivity contribution in [1.82, 2.24) is 4.90 Å². The second-order valence-corrected chi connectivity index (χ2v) is 5.29. The molecule has 0 amide bonds. The van der Waals surface area contributed by atoms with Gasteiger partial charge in [-0.25, -0.2) is 0 Å². The Morgan fingerprint density at radius 3 is 2.28 bits per heavy atom. The van der Waals surface area contributed by atoms with Crippen molar-refractivity contribution in [3.05, 3.63) is 0 Å². The molecule has 0 saturated carbocycles. The van der Waals surface area contributed by atoms with Crippen LogP contribution in [0.25, 0.3) is 0 Å². The minimum atomic E-state index is -0.950. The van der Waals surface area contributed by atoms with Crippen LogP contribution in [-0.2, 0) is 14.3 Å². The number of nitrogens with two attached hydrogens (primary N) is 1. The quantitative estimate of drug-likeness (QED) is 0.660. The summed E-state index contributed by atoms with van der Waals surface area (Å²) in [6.07, 6.45) is 0.557. The molecule has 0 heterocycles. The van der Waals surface area contributed by atoms with Gasteiger partial charge in [0.05, 0.1) is 13.7 Å². The van der Waals surface area contributed by atoms with E-state index in [1.807, 2.05) is 0 Å². The van der Waals surface area contributed by atoms with Gasteiger partial charge in [0.2, 0.25) is 0 Å². The lowest BCUT2D eigenvalue weighted by Gasteiger charge is -2.36. The molecule has 0 saturated heterocycles. The number of rotatable bonds is 8. The molecule has 2 atom stereocenters. The third-order valence-corrected chi connectivity index (χ3v) is 3.15. The molecule has 5 heteroatoms. The van der Waals surface area contributed by atoms with Crippen molar-refractivity contribution in [3.63, 3.8) is 0 Å². The van der Waals surface area contributed by atoms with Crippen LogP contribution in [-0.4, -0.2) is 55.9 Å². The molecule has 2 unspecified atom stereocenters. The highest BCUT2D eigenvalue weighted by atomic mass is 16.5. The smallest absolute Gasteiger partial charge is 0.325 e. The Bertz CT molecular complexity index is 255. The van der Waals surface area contributed by atoms with Crippen molar-refractivity contribution in [1.29, 1.82) is 0 Å². The van der Waals surface area contributed by atoms with Crippen molar-refractivity contribution < 1.29 is 14.3 Å². The van der Waals surface area contributed by atoms with Crippen LogP contribution in [0.15, 0.2) is 0 Å². The second kappa shape index (κ2) is 7.71. The van der Waals surface area contributed by atoms with Crippen molar-refractivity contribution in [3.8, 4) is 0 Å². The number of hydrogen-bond acceptors (Lipinski definition) is 5. The number of methoxy groups -OCH3 is 2. The van der Waals surface area contributed by atoms with Crippen LogP contribution in [0.5, 0.6) is 0 Å². The fourth-order valence-electron chi connectivity index (χ4n) is 2.23. The molecule has 0 aliphatic carbocycles. The van der Waals surface area contributed by atoms with Gasteiger partial charge in [0.1, 0.15) is 5.54 Å². The Kier molecular flexibility index (Phi) is 7.43. The van der Waals surface area contributed by atoms with Crippen molar-refractivity contribution in [2.75, 3.05) is 27.4 Å². The monoisotopic (exact) mass is 260 g/mol. The molecule has 18 heavy (non-hydrogen) atoms. The van der Waals surface area contributed by atoms with Crippen LogP contribution in [0, 0.1) is 0 Å². The second-order valence-electron chi connectivity index (χ2n) is 5.29. The first-order chi connectivity index (χ1) is 8.26. The topological polar surface area (TPSA) is 64.8 Å². The molecule has 0 aromatic rings. The van der Waals surface area contributed by atoms with Crippen molar-refractivity contribution >= 4 is 5.97 Å². The molecule has 0 fully saturated rings.